The van der Waals surface area contributed by atoms with Crippen molar-refractivity contribution >= 4 is 5.57 Å². The summed E-state index contributed by atoms with van der Waals surface area (Å²) in [5, 5.41) is 19.8. The molecule has 0 aliphatic heterocycles. The number of hydrogen-bond donors (Lipinski definition) is 1. The maximum absolute atomic E-state index is 15.2. The van der Waals surface area contributed by atoms with Gasteiger partial charge in [0.05, 0.1) is 6.54 Å². The lowest BCUT2D eigenvalue weighted by Gasteiger charge is -2.31. The van der Waals surface area contributed by atoms with Crippen LogP contribution in [0.2, 0.25) is 0 Å². The molecule has 4 rings (SSSR count). The highest BCUT2D eigenvalue weighted by atomic mass is 19.1. The van der Waals surface area contributed by atoms with Gasteiger partial charge in [-0.1, -0.05) is 18.7 Å². The van der Waals surface area contributed by atoms with Crippen LogP contribution in [0.4, 0.5) is 13.2 Å². The maximum Gasteiger partial charge on any atom is 0.181 e. The lowest BCUT2D eigenvalue weighted by atomic mass is 9.82. The van der Waals surface area contributed by atoms with Crippen LogP contribution < -0.4 is 0 Å². The molecule has 34 heavy (non-hydrogen) atoms. The third-order valence-corrected chi connectivity index (χ3v) is 5.25. The minimum Gasteiger partial charge on any atom is -0.378 e. The number of rotatable bonds is 9. The van der Waals surface area contributed by atoms with E-state index >= 15 is 4.39 Å². The lowest BCUT2D eigenvalue weighted by molar-refractivity contribution is 0.0723. The van der Waals surface area contributed by atoms with E-state index in [1.807, 2.05) is 6.92 Å². The van der Waals surface area contributed by atoms with E-state index in [1.54, 1.807) is 6.07 Å². The molecule has 0 bridgehead atoms. The van der Waals surface area contributed by atoms with E-state index in [-0.39, 0.29) is 35.8 Å². The van der Waals surface area contributed by atoms with Crippen LogP contribution >= 0.6 is 0 Å². The summed E-state index contributed by atoms with van der Waals surface area (Å²) >= 11 is 0. The Labute approximate surface area is 193 Å². The molecule has 8 nitrogen and oxygen atoms in total. The zero-order valence-electron chi connectivity index (χ0n) is 18.2. The molecule has 1 unspecified atom stereocenters. The van der Waals surface area contributed by atoms with Gasteiger partial charge in [0, 0.05) is 29.4 Å². The van der Waals surface area contributed by atoms with Gasteiger partial charge in [0.15, 0.2) is 5.82 Å². The summed E-state index contributed by atoms with van der Waals surface area (Å²) in [5.74, 6) is -2.28. The molecule has 0 spiro atoms. The van der Waals surface area contributed by atoms with Crippen molar-refractivity contribution in [1.29, 1.82) is 0 Å². The van der Waals surface area contributed by atoms with Gasteiger partial charge in [-0.3, -0.25) is 0 Å². The minimum absolute atomic E-state index is 0.0659. The Balaban J connectivity index is 1.70. The summed E-state index contributed by atoms with van der Waals surface area (Å²) < 4.78 is 51.5. The molecule has 2 aromatic heterocycles. The van der Waals surface area contributed by atoms with E-state index in [9.17, 15) is 13.9 Å². The maximum atomic E-state index is 15.2. The van der Waals surface area contributed by atoms with E-state index in [2.05, 4.69) is 26.7 Å². The van der Waals surface area contributed by atoms with Crippen LogP contribution in [0.5, 0.6) is 0 Å². The molecule has 0 fully saturated rings. The number of aliphatic hydroxyl groups is 1. The predicted octanol–water partition coefficient (Wildman–Crippen LogP) is 3.55. The molecule has 2 heterocycles. The smallest absolute Gasteiger partial charge is 0.181 e. The molecule has 1 N–H and O–H groups in total. The molecule has 11 heteroatoms. The van der Waals surface area contributed by atoms with Gasteiger partial charge in [-0.05, 0) is 30.7 Å². The first-order valence-electron chi connectivity index (χ1n) is 10.3. The molecule has 176 valence electrons. The Morgan fingerprint density at radius 1 is 1.09 bits per heavy atom. The summed E-state index contributed by atoms with van der Waals surface area (Å²) in [6.07, 6.45) is 4.00. The second-order valence-corrected chi connectivity index (χ2v) is 7.48. The average Bonchev–Trinajstić information content (AvgIpc) is 3.49. The predicted molar refractivity (Wildman–Crippen MR) is 116 cm³/mol. The minimum atomic E-state index is -2.16. The number of halogens is 3. The highest BCUT2D eigenvalue weighted by molar-refractivity contribution is 5.74. The van der Waals surface area contributed by atoms with Crippen LogP contribution in [-0.4, -0.2) is 41.2 Å². The van der Waals surface area contributed by atoms with Crippen LogP contribution in [-0.2, 0) is 23.6 Å². The topological polar surface area (TPSA) is 90.9 Å². The van der Waals surface area contributed by atoms with Crippen molar-refractivity contribution in [3.63, 3.8) is 0 Å². The van der Waals surface area contributed by atoms with Gasteiger partial charge in [-0.15, -0.1) is 5.10 Å². The quantitative estimate of drug-likeness (QED) is 0.402. The summed E-state index contributed by atoms with van der Waals surface area (Å²) in [4.78, 5) is 7.96. The molecule has 0 saturated heterocycles. The van der Waals surface area contributed by atoms with E-state index in [1.165, 1.54) is 40.5 Å². The second kappa shape index (κ2) is 9.57. The van der Waals surface area contributed by atoms with Gasteiger partial charge in [-0.2, -0.15) is 5.10 Å². The molecule has 0 aliphatic rings. The highest BCUT2D eigenvalue weighted by Gasteiger charge is 2.38. The average molecular weight is 470 g/mol. The molecule has 4 aromatic rings. The normalized spacial score (nSPS) is 13.1. The summed E-state index contributed by atoms with van der Waals surface area (Å²) in [7, 11) is 0. The van der Waals surface area contributed by atoms with Crippen molar-refractivity contribution in [2.45, 2.75) is 25.8 Å². The standard InChI is InChI=1S/C23H21F3N6O2/c1-3-34-14-32-13-28-22(30-32)16-4-6-18(20(25)8-16)15(2)23(33,10-31-12-27-11-29-31)19-7-5-17(24)9-21(19)26/h4-9,11-13,33H,2-3,10,14H2,1H3. The van der Waals surface area contributed by atoms with Gasteiger partial charge in [0.25, 0.3) is 0 Å². The van der Waals surface area contributed by atoms with Crippen molar-refractivity contribution in [2.24, 2.45) is 0 Å². The molecule has 0 radical (unpaired) electrons. The summed E-state index contributed by atoms with van der Waals surface area (Å²) in [6.45, 7) is 6.08. The fraction of sp³-hybridized carbons (Fsp3) is 0.217. The van der Waals surface area contributed by atoms with Crippen LogP contribution in [0, 0.1) is 17.5 Å². The molecular weight excluding hydrogens is 449 g/mol. The van der Waals surface area contributed by atoms with Crippen molar-refractivity contribution < 1.29 is 23.0 Å². The number of benzene rings is 2. The van der Waals surface area contributed by atoms with E-state index < -0.39 is 23.1 Å². The number of aromatic nitrogens is 6. The number of hydrogen-bond acceptors (Lipinski definition) is 6. The first-order valence-corrected chi connectivity index (χ1v) is 10.3. The van der Waals surface area contributed by atoms with E-state index in [4.69, 9.17) is 4.74 Å². The van der Waals surface area contributed by atoms with Crippen LogP contribution in [0.15, 0.2) is 62.0 Å². The van der Waals surface area contributed by atoms with Gasteiger partial charge < -0.3 is 9.84 Å². The zero-order valence-corrected chi connectivity index (χ0v) is 18.2. The largest absolute Gasteiger partial charge is 0.378 e. The lowest BCUT2D eigenvalue weighted by Crippen LogP contribution is -2.34. The third kappa shape index (κ3) is 4.61. The number of ether oxygens (including phenoxy) is 1. The van der Waals surface area contributed by atoms with Crippen molar-refractivity contribution in [3.05, 3.63) is 90.5 Å². The molecule has 0 aliphatic carbocycles. The Hall–Kier alpha value is -3.83. The molecule has 0 saturated carbocycles. The Morgan fingerprint density at radius 3 is 2.59 bits per heavy atom. The van der Waals surface area contributed by atoms with Crippen molar-refractivity contribution in [3.8, 4) is 11.4 Å². The summed E-state index contributed by atoms with van der Waals surface area (Å²) in [5.41, 5.74) is -2.27. The molecular formula is C23H21F3N6O2. The van der Waals surface area contributed by atoms with Crippen LogP contribution in [0.3, 0.4) is 0 Å². The van der Waals surface area contributed by atoms with E-state index in [0.717, 1.165) is 12.1 Å². The molecule has 1 atom stereocenters. The second-order valence-electron chi connectivity index (χ2n) is 7.48. The first kappa shape index (κ1) is 23.3. The Morgan fingerprint density at radius 2 is 1.91 bits per heavy atom. The Bertz CT molecular complexity index is 1310. The summed E-state index contributed by atoms with van der Waals surface area (Å²) in [6, 6.07) is 6.87. The Kier molecular flexibility index (Phi) is 6.57. The molecule has 2 aromatic carbocycles. The van der Waals surface area contributed by atoms with Gasteiger partial charge in [0.2, 0.25) is 0 Å². The number of nitrogens with zero attached hydrogens (tertiary/aromatic N) is 6. The van der Waals surface area contributed by atoms with Gasteiger partial charge >= 0.3 is 0 Å². The monoisotopic (exact) mass is 470 g/mol. The van der Waals surface area contributed by atoms with Crippen LogP contribution in [0.1, 0.15) is 18.1 Å². The zero-order chi connectivity index (χ0) is 24.3. The van der Waals surface area contributed by atoms with Crippen molar-refractivity contribution in [1.82, 2.24) is 29.5 Å². The SMILES string of the molecule is C=C(c1ccc(-c2ncn(COCC)n2)cc1F)C(O)(Cn1cncn1)c1ccc(F)cc1F. The third-order valence-electron chi connectivity index (χ3n) is 5.25. The molecule has 0 amide bonds. The van der Waals surface area contributed by atoms with E-state index in [0.29, 0.717) is 18.2 Å². The van der Waals surface area contributed by atoms with Gasteiger partial charge in [0.1, 0.15) is 48.8 Å². The fourth-order valence-electron chi connectivity index (χ4n) is 3.51. The fourth-order valence-corrected chi connectivity index (χ4v) is 3.51. The highest BCUT2D eigenvalue weighted by Crippen LogP contribution is 2.39. The van der Waals surface area contributed by atoms with Gasteiger partial charge in [-0.25, -0.2) is 32.5 Å². The van der Waals surface area contributed by atoms with Crippen LogP contribution in [0.25, 0.3) is 17.0 Å². The van der Waals surface area contributed by atoms with Crippen molar-refractivity contribution in [2.75, 3.05) is 6.61 Å². The first-order chi connectivity index (χ1) is 16.3.